The SMILES string of the molecule is CCc1ccc(OCC(=O)NCc2cc(OC)c(OC)cc2OC)cc1. The first kappa shape index (κ1) is 19.4. The van der Waals surface area contributed by atoms with Gasteiger partial charge in [0.1, 0.15) is 11.5 Å². The number of amides is 1. The molecule has 0 aliphatic rings. The van der Waals surface area contributed by atoms with E-state index in [2.05, 4.69) is 12.2 Å². The summed E-state index contributed by atoms with van der Waals surface area (Å²) in [7, 11) is 4.68. The third kappa shape index (κ3) is 5.05. The van der Waals surface area contributed by atoms with Crippen LogP contribution in [0.2, 0.25) is 0 Å². The van der Waals surface area contributed by atoms with Gasteiger partial charge in [0.15, 0.2) is 18.1 Å². The zero-order valence-corrected chi connectivity index (χ0v) is 15.6. The molecule has 6 heteroatoms. The molecule has 1 amide bonds. The van der Waals surface area contributed by atoms with Gasteiger partial charge in [-0.3, -0.25) is 4.79 Å². The monoisotopic (exact) mass is 359 g/mol. The first-order valence-corrected chi connectivity index (χ1v) is 8.38. The molecule has 26 heavy (non-hydrogen) atoms. The lowest BCUT2D eigenvalue weighted by Gasteiger charge is -2.14. The molecule has 0 aromatic heterocycles. The van der Waals surface area contributed by atoms with Gasteiger partial charge in [-0.05, 0) is 30.2 Å². The van der Waals surface area contributed by atoms with Crippen molar-refractivity contribution in [1.29, 1.82) is 0 Å². The maximum atomic E-state index is 12.1. The average molecular weight is 359 g/mol. The molecule has 2 aromatic rings. The summed E-state index contributed by atoms with van der Waals surface area (Å²) in [5, 5.41) is 2.81. The third-order valence-corrected chi connectivity index (χ3v) is 3.96. The van der Waals surface area contributed by atoms with Gasteiger partial charge in [-0.2, -0.15) is 0 Å². The van der Waals surface area contributed by atoms with Crippen molar-refractivity contribution in [3.8, 4) is 23.0 Å². The Bertz CT molecular complexity index is 728. The Kier molecular flexibility index (Phi) is 7.14. The van der Waals surface area contributed by atoms with Gasteiger partial charge >= 0.3 is 0 Å². The van der Waals surface area contributed by atoms with Crippen LogP contribution in [0.4, 0.5) is 0 Å². The van der Waals surface area contributed by atoms with E-state index in [1.165, 1.54) is 5.56 Å². The van der Waals surface area contributed by atoms with Crippen LogP contribution in [0.1, 0.15) is 18.1 Å². The van der Waals surface area contributed by atoms with Gasteiger partial charge < -0.3 is 24.3 Å². The first-order chi connectivity index (χ1) is 12.6. The molecule has 0 fully saturated rings. The highest BCUT2D eigenvalue weighted by atomic mass is 16.5. The fourth-order valence-electron chi connectivity index (χ4n) is 2.45. The number of rotatable bonds is 9. The van der Waals surface area contributed by atoms with Crippen LogP contribution in [0.5, 0.6) is 23.0 Å². The second kappa shape index (κ2) is 9.56. The topological polar surface area (TPSA) is 66.0 Å². The number of hydrogen-bond donors (Lipinski definition) is 1. The van der Waals surface area contributed by atoms with Crippen molar-refractivity contribution in [3.63, 3.8) is 0 Å². The molecule has 0 aliphatic heterocycles. The molecule has 0 radical (unpaired) electrons. The molecule has 0 saturated heterocycles. The van der Waals surface area contributed by atoms with Gasteiger partial charge in [0, 0.05) is 18.2 Å². The maximum Gasteiger partial charge on any atom is 0.258 e. The van der Waals surface area contributed by atoms with E-state index in [9.17, 15) is 4.79 Å². The lowest BCUT2D eigenvalue weighted by atomic mass is 10.1. The molecule has 2 aromatic carbocycles. The number of benzene rings is 2. The molecular weight excluding hydrogens is 334 g/mol. The van der Waals surface area contributed by atoms with E-state index in [-0.39, 0.29) is 12.5 Å². The number of hydrogen-bond acceptors (Lipinski definition) is 5. The standard InChI is InChI=1S/C20H25NO5/c1-5-14-6-8-16(9-7-14)26-13-20(22)21-12-15-10-18(24-3)19(25-4)11-17(15)23-2/h6-11H,5,12-13H2,1-4H3,(H,21,22). The highest BCUT2D eigenvalue weighted by Crippen LogP contribution is 2.34. The van der Waals surface area contributed by atoms with Gasteiger partial charge in [-0.1, -0.05) is 19.1 Å². The summed E-state index contributed by atoms with van der Waals surface area (Å²) in [6, 6.07) is 11.2. The zero-order valence-electron chi connectivity index (χ0n) is 15.6. The Morgan fingerprint density at radius 2 is 1.54 bits per heavy atom. The van der Waals surface area contributed by atoms with E-state index in [1.807, 2.05) is 24.3 Å². The molecule has 0 bridgehead atoms. The van der Waals surface area contributed by atoms with Crippen LogP contribution in [0.15, 0.2) is 36.4 Å². The molecule has 2 rings (SSSR count). The van der Waals surface area contributed by atoms with Crippen molar-refractivity contribution in [3.05, 3.63) is 47.5 Å². The van der Waals surface area contributed by atoms with Crippen molar-refractivity contribution in [2.45, 2.75) is 19.9 Å². The molecule has 140 valence electrons. The second-order valence-corrected chi connectivity index (χ2v) is 5.58. The number of carbonyl (C=O) groups is 1. The van der Waals surface area contributed by atoms with Crippen LogP contribution >= 0.6 is 0 Å². The van der Waals surface area contributed by atoms with Gasteiger partial charge in [-0.25, -0.2) is 0 Å². The van der Waals surface area contributed by atoms with Crippen LogP contribution < -0.4 is 24.3 Å². The van der Waals surface area contributed by atoms with Crippen molar-refractivity contribution < 1.29 is 23.7 Å². The normalized spacial score (nSPS) is 10.2. The largest absolute Gasteiger partial charge is 0.496 e. The highest BCUT2D eigenvalue weighted by molar-refractivity contribution is 5.77. The van der Waals surface area contributed by atoms with E-state index >= 15 is 0 Å². The minimum atomic E-state index is -0.221. The van der Waals surface area contributed by atoms with E-state index in [0.29, 0.717) is 29.5 Å². The Morgan fingerprint density at radius 3 is 2.12 bits per heavy atom. The van der Waals surface area contributed by atoms with Crippen molar-refractivity contribution in [1.82, 2.24) is 5.32 Å². The summed E-state index contributed by atoms with van der Waals surface area (Å²) >= 11 is 0. The van der Waals surface area contributed by atoms with E-state index in [0.717, 1.165) is 12.0 Å². The Balaban J connectivity index is 1.93. The number of ether oxygens (including phenoxy) is 4. The lowest BCUT2D eigenvalue weighted by molar-refractivity contribution is -0.123. The third-order valence-electron chi connectivity index (χ3n) is 3.96. The molecule has 0 spiro atoms. The number of carbonyl (C=O) groups excluding carboxylic acids is 1. The van der Waals surface area contributed by atoms with E-state index in [1.54, 1.807) is 33.5 Å². The Labute approximate surface area is 154 Å². The summed E-state index contributed by atoms with van der Waals surface area (Å²) in [4.78, 5) is 12.1. The molecule has 1 N–H and O–H groups in total. The highest BCUT2D eigenvalue weighted by Gasteiger charge is 2.13. The zero-order chi connectivity index (χ0) is 18.9. The summed E-state index contributed by atoms with van der Waals surface area (Å²) in [6.07, 6.45) is 0.966. The van der Waals surface area contributed by atoms with Crippen LogP contribution in [-0.4, -0.2) is 33.8 Å². The second-order valence-electron chi connectivity index (χ2n) is 5.58. The molecule has 0 aliphatic carbocycles. The minimum absolute atomic E-state index is 0.0545. The molecular formula is C20H25NO5. The van der Waals surface area contributed by atoms with Crippen LogP contribution in [0.3, 0.4) is 0 Å². The van der Waals surface area contributed by atoms with Crippen LogP contribution in [-0.2, 0) is 17.8 Å². The lowest BCUT2D eigenvalue weighted by Crippen LogP contribution is -2.28. The van der Waals surface area contributed by atoms with Crippen LogP contribution in [0, 0.1) is 0 Å². The van der Waals surface area contributed by atoms with Crippen molar-refractivity contribution in [2.75, 3.05) is 27.9 Å². The Morgan fingerprint density at radius 1 is 0.923 bits per heavy atom. The number of nitrogens with one attached hydrogen (secondary N) is 1. The molecule has 0 atom stereocenters. The Hall–Kier alpha value is -2.89. The fourth-order valence-corrected chi connectivity index (χ4v) is 2.45. The maximum absolute atomic E-state index is 12.1. The van der Waals surface area contributed by atoms with Crippen molar-refractivity contribution >= 4 is 5.91 Å². The fraction of sp³-hybridized carbons (Fsp3) is 0.350. The summed E-state index contributed by atoms with van der Waals surface area (Å²) in [5.74, 6) is 2.20. The predicted octanol–water partition coefficient (Wildman–Crippen LogP) is 2.97. The van der Waals surface area contributed by atoms with E-state index < -0.39 is 0 Å². The van der Waals surface area contributed by atoms with Crippen LogP contribution in [0.25, 0.3) is 0 Å². The number of methoxy groups -OCH3 is 3. The van der Waals surface area contributed by atoms with Crippen molar-refractivity contribution in [2.24, 2.45) is 0 Å². The quantitative estimate of drug-likeness (QED) is 0.746. The van der Waals surface area contributed by atoms with Gasteiger partial charge in [-0.15, -0.1) is 0 Å². The molecule has 0 saturated carbocycles. The van der Waals surface area contributed by atoms with Gasteiger partial charge in [0.2, 0.25) is 0 Å². The number of aryl methyl sites for hydroxylation is 1. The molecule has 0 unspecified atom stereocenters. The summed E-state index contributed by atoms with van der Waals surface area (Å²) in [5.41, 5.74) is 2.01. The summed E-state index contributed by atoms with van der Waals surface area (Å²) in [6.45, 7) is 2.33. The van der Waals surface area contributed by atoms with Gasteiger partial charge in [0.25, 0.3) is 5.91 Å². The van der Waals surface area contributed by atoms with E-state index in [4.69, 9.17) is 18.9 Å². The smallest absolute Gasteiger partial charge is 0.258 e. The van der Waals surface area contributed by atoms with Gasteiger partial charge in [0.05, 0.1) is 21.3 Å². The average Bonchev–Trinajstić information content (AvgIpc) is 2.70. The first-order valence-electron chi connectivity index (χ1n) is 8.38. The minimum Gasteiger partial charge on any atom is -0.496 e. The molecule has 0 heterocycles. The molecule has 6 nitrogen and oxygen atoms in total. The predicted molar refractivity (Wildman–Crippen MR) is 99.3 cm³/mol. The summed E-state index contributed by atoms with van der Waals surface area (Å²) < 4.78 is 21.4.